The van der Waals surface area contributed by atoms with Crippen LogP contribution in [0, 0.1) is 0 Å². The van der Waals surface area contributed by atoms with Crippen LogP contribution in [0.5, 0.6) is 0 Å². The monoisotopic (exact) mass is 499 g/mol. The molecule has 35 heavy (non-hydrogen) atoms. The van der Waals surface area contributed by atoms with Crippen molar-refractivity contribution >= 4 is 50.3 Å². The van der Waals surface area contributed by atoms with E-state index in [4.69, 9.17) is 5.73 Å². The van der Waals surface area contributed by atoms with Crippen LogP contribution in [0.25, 0.3) is 0 Å². The summed E-state index contributed by atoms with van der Waals surface area (Å²) in [5.41, 5.74) is 6.22. The third-order valence-corrected chi connectivity index (χ3v) is 6.16. The van der Waals surface area contributed by atoms with Crippen LogP contribution in [0.3, 0.4) is 0 Å². The Morgan fingerprint density at radius 1 is 0.943 bits per heavy atom. The fourth-order valence-electron chi connectivity index (χ4n) is 3.63. The minimum Gasteiger partial charge on any atom is -0.744 e. The summed E-state index contributed by atoms with van der Waals surface area (Å²) in [4.78, 5) is 37.4. The van der Waals surface area contributed by atoms with Gasteiger partial charge in [-0.3, -0.25) is 14.4 Å². The molecule has 1 aliphatic carbocycles. The molecule has 0 spiro atoms. The van der Waals surface area contributed by atoms with Crippen molar-refractivity contribution in [3.05, 3.63) is 89.0 Å². The predicted molar refractivity (Wildman–Crippen MR) is 125 cm³/mol. The number of carbonyl (C=O) groups is 3. The quantitative estimate of drug-likeness (QED) is 0.152. The molecule has 0 saturated heterocycles. The summed E-state index contributed by atoms with van der Waals surface area (Å²) in [5.74, 6) is -1.56. The molecule has 11 heteroatoms. The van der Waals surface area contributed by atoms with Gasteiger partial charge in [0.25, 0.3) is 5.91 Å². The van der Waals surface area contributed by atoms with E-state index in [2.05, 4.69) is 17.2 Å². The van der Waals surface area contributed by atoms with Gasteiger partial charge in [-0.1, -0.05) is 30.8 Å². The number of nitrogens with one attached hydrogen (secondary N) is 2. The number of hydrogen-bond acceptors (Lipinski definition) is 8. The van der Waals surface area contributed by atoms with E-state index in [0.717, 1.165) is 6.07 Å². The van der Waals surface area contributed by atoms with Crippen LogP contribution in [0.15, 0.2) is 71.6 Å². The van der Waals surface area contributed by atoms with Crippen molar-refractivity contribution in [1.29, 1.82) is 0 Å². The third kappa shape index (κ3) is 4.93. The van der Waals surface area contributed by atoms with Gasteiger partial charge in [-0.05, 0) is 37.3 Å². The van der Waals surface area contributed by atoms with Gasteiger partial charge in [-0.2, -0.15) is 0 Å². The Labute approximate surface area is 223 Å². The molecule has 0 saturated carbocycles. The second-order valence-electron chi connectivity index (χ2n) is 7.68. The molecular formula is C24H18N3NaO6S. The van der Waals surface area contributed by atoms with Gasteiger partial charge in [0.15, 0.2) is 11.6 Å². The average molecular weight is 499 g/mol. The van der Waals surface area contributed by atoms with Crippen molar-refractivity contribution in [3.8, 4) is 0 Å². The Bertz CT molecular complexity index is 1510. The summed E-state index contributed by atoms with van der Waals surface area (Å²) in [6, 6.07) is 13.3. The van der Waals surface area contributed by atoms with E-state index in [1.807, 2.05) is 0 Å². The number of nitrogen functional groups attached to an aromatic ring is 1. The number of nitrogens with two attached hydrogens (primary N) is 1. The zero-order valence-corrected chi connectivity index (χ0v) is 21.7. The number of fused-ring (bicyclic) bond motifs is 2. The van der Waals surface area contributed by atoms with E-state index in [0.29, 0.717) is 16.9 Å². The van der Waals surface area contributed by atoms with Gasteiger partial charge in [0.05, 0.1) is 27.4 Å². The predicted octanol–water partition coefficient (Wildman–Crippen LogP) is 0.211. The average Bonchev–Trinajstić information content (AvgIpc) is 2.78. The second-order valence-corrected chi connectivity index (χ2v) is 9.03. The Morgan fingerprint density at radius 3 is 1.97 bits per heavy atom. The molecular weight excluding hydrogens is 481 g/mol. The van der Waals surface area contributed by atoms with Crippen LogP contribution in [0.4, 0.5) is 22.7 Å². The summed E-state index contributed by atoms with van der Waals surface area (Å²) in [6.45, 7) is 5.12. The number of benzene rings is 3. The molecule has 9 nitrogen and oxygen atoms in total. The van der Waals surface area contributed by atoms with Gasteiger partial charge >= 0.3 is 29.6 Å². The molecule has 0 radical (unpaired) electrons. The summed E-state index contributed by atoms with van der Waals surface area (Å²) in [6.07, 6.45) is 0. The molecule has 172 valence electrons. The smallest absolute Gasteiger partial charge is 0.744 e. The summed E-state index contributed by atoms with van der Waals surface area (Å²) >= 11 is 0. The van der Waals surface area contributed by atoms with Crippen molar-refractivity contribution < 1.29 is 56.9 Å². The van der Waals surface area contributed by atoms with Crippen LogP contribution < -0.4 is 45.9 Å². The first-order valence-electron chi connectivity index (χ1n) is 9.93. The zero-order chi connectivity index (χ0) is 24.8. The van der Waals surface area contributed by atoms with E-state index >= 15 is 0 Å². The second kappa shape index (κ2) is 9.76. The number of anilines is 4. The van der Waals surface area contributed by atoms with Crippen molar-refractivity contribution in [1.82, 2.24) is 0 Å². The fourth-order valence-corrected chi connectivity index (χ4v) is 4.26. The molecule has 0 atom stereocenters. The van der Waals surface area contributed by atoms with E-state index < -0.39 is 32.3 Å². The Hall–Kier alpha value is -3.28. The van der Waals surface area contributed by atoms with E-state index in [-0.39, 0.29) is 63.4 Å². The number of hydrogen-bond donors (Lipinski definition) is 3. The standard InChI is InChI=1S/C24H19N3O6S.Na/c1-12(2)24(30)27-14-9-7-13(8-10-14)26-17-11-18(34(31,32)33)21(25)20-19(17)22(28)15-5-3-4-6-16(15)23(20)29;/h3-11,26H,1,25H2,2H3,(H,27,30)(H,31,32,33);/q;+1/p-1. The normalized spacial score (nSPS) is 12.2. The summed E-state index contributed by atoms with van der Waals surface area (Å²) in [5, 5.41) is 5.54. The Morgan fingerprint density at radius 2 is 1.46 bits per heavy atom. The molecule has 0 heterocycles. The van der Waals surface area contributed by atoms with Crippen molar-refractivity contribution in [3.63, 3.8) is 0 Å². The van der Waals surface area contributed by atoms with Crippen LogP contribution in [0.2, 0.25) is 0 Å². The molecule has 1 amide bonds. The molecule has 1 aliphatic rings. The maximum atomic E-state index is 13.3. The molecule has 3 aromatic carbocycles. The van der Waals surface area contributed by atoms with Crippen molar-refractivity contribution in [2.45, 2.75) is 11.8 Å². The molecule has 0 unspecified atom stereocenters. The molecule has 0 aromatic heterocycles. The van der Waals surface area contributed by atoms with Crippen molar-refractivity contribution in [2.75, 3.05) is 16.4 Å². The molecule has 4 rings (SSSR count). The topological polar surface area (TPSA) is 158 Å². The number of carbonyl (C=O) groups excluding carboxylic acids is 3. The van der Waals surface area contributed by atoms with Gasteiger partial charge in [0.2, 0.25) is 0 Å². The molecule has 4 N–H and O–H groups in total. The summed E-state index contributed by atoms with van der Waals surface area (Å²) < 4.78 is 35.6. The van der Waals surface area contributed by atoms with Crippen LogP contribution in [0.1, 0.15) is 38.8 Å². The number of ketones is 2. The maximum Gasteiger partial charge on any atom is 1.00 e. The Balaban J connectivity index is 0.00000342. The third-order valence-electron chi connectivity index (χ3n) is 5.28. The van der Waals surface area contributed by atoms with Gasteiger partial charge in [-0.25, -0.2) is 8.42 Å². The SMILES string of the molecule is C=C(C)C(=O)Nc1ccc(Nc2cc(S(=O)(=O)[O-])c(N)c3c2C(=O)c2ccccc2C3=O)cc1.[Na+]. The number of rotatable bonds is 5. The first-order chi connectivity index (χ1) is 16.0. The van der Waals surface area contributed by atoms with Crippen LogP contribution in [-0.2, 0) is 14.9 Å². The van der Waals surface area contributed by atoms with E-state index in [1.165, 1.54) is 12.1 Å². The zero-order valence-electron chi connectivity index (χ0n) is 18.8. The van der Waals surface area contributed by atoms with Gasteiger partial charge in [0, 0.05) is 28.1 Å². The first-order valence-corrected chi connectivity index (χ1v) is 11.3. The molecule has 3 aromatic rings. The van der Waals surface area contributed by atoms with E-state index in [9.17, 15) is 27.4 Å². The van der Waals surface area contributed by atoms with Crippen LogP contribution >= 0.6 is 0 Å². The minimum atomic E-state index is -5.06. The number of amides is 1. The minimum absolute atomic E-state index is 0. The molecule has 0 fully saturated rings. The first kappa shape index (κ1) is 26.3. The largest absolute Gasteiger partial charge is 1.00 e. The molecule has 0 aliphatic heterocycles. The summed E-state index contributed by atoms with van der Waals surface area (Å²) in [7, 11) is -5.06. The fraction of sp³-hybridized carbons (Fsp3) is 0.0417. The Kier molecular flexibility index (Phi) is 7.34. The maximum absolute atomic E-state index is 13.3. The molecule has 0 bridgehead atoms. The van der Waals surface area contributed by atoms with Gasteiger partial charge in [0.1, 0.15) is 10.1 Å². The van der Waals surface area contributed by atoms with Crippen molar-refractivity contribution in [2.24, 2.45) is 0 Å². The van der Waals surface area contributed by atoms with Gasteiger partial charge in [-0.15, -0.1) is 0 Å². The van der Waals surface area contributed by atoms with Gasteiger partial charge < -0.3 is 20.9 Å². The van der Waals surface area contributed by atoms with Crippen LogP contribution in [-0.4, -0.2) is 30.4 Å². The van der Waals surface area contributed by atoms with E-state index in [1.54, 1.807) is 43.3 Å².